The minimum Gasteiger partial charge on any atom is -0.495 e. The molecule has 1 rings (SSSR count). The molecule has 0 aromatic heterocycles. The Morgan fingerprint density at radius 1 is 1.57 bits per heavy atom. The number of anilines is 1. The first-order valence-electron chi connectivity index (χ1n) is 4.04. The van der Waals surface area contributed by atoms with Crippen molar-refractivity contribution in [3.63, 3.8) is 0 Å². The molecule has 1 N–H and O–H groups in total. The molecule has 0 saturated carbocycles. The summed E-state index contributed by atoms with van der Waals surface area (Å²) in [7, 11) is 1.58. The van der Waals surface area contributed by atoms with Crippen LogP contribution in [0, 0.1) is 0 Å². The first-order valence-corrected chi connectivity index (χ1v) is 4.79. The van der Waals surface area contributed by atoms with Gasteiger partial charge in [-0.05, 0) is 18.2 Å². The van der Waals surface area contributed by atoms with Crippen LogP contribution in [0.5, 0.6) is 5.75 Å². The highest BCUT2D eigenvalue weighted by molar-refractivity contribution is 6.32. The molecule has 0 unspecified atom stereocenters. The first kappa shape index (κ1) is 11.2. The van der Waals surface area contributed by atoms with Crippen molar-refractivity contribution in [3.8, 4) is 5.75 Å². The van der Waals surface area contributed by atoms with Crippen molar-refractivity contribution in [2.24, 2.45) is 0 Å². The van der Waals surface area contributed by atoms with Gasteiger partial charge < -0.3 is 10.1 Å². The molecular formula is C10H11Cl2NO. The Hall–Kier alpha value is -0.860. The van der Waals surface area contributed by atoms with E-state index in [2.05, 4.69) is 11.9 Å². The largest absolute Gasteiger partial charge is 0.495 e. The summed E-state index contributed by atoms with van der Waals surface area (Å²) in [5, 5.41) is 4.18. The van der Waals surface area contributed by atoms with Crippen LogP contribution in [-0.4, -0.2) is 13.7 Å². The van der Waals surface area contributed by atoms with Crippen LogP contribution < -0.4 is 10.1 Å². The van der Waals surface area contributed by atoms with E-state index >= 15 is 0 Å². The summed E-state index contributed by atoms with van der Waals surface area (Å²) >= 11 is 11.5. The average molecular weight is 232 g/mol. The average Bonchev–Trinajstić information content (AvgIpc) is 2.15. The Morgan fingerprint density at radius 2 is 2.29 bits per heavy atom. The second-order valence-electron chi connectivity index (χ2n) is 2.72. The van der Waals surface area contributed by atoms with E-state index in [0.717, 1.165) is 5.69 Å². The van der Waals surface area contributed by atoms with Crippen molar-refractivity contribution >= 4 is 28.9 Å². The molecule has 0 aliphatic rings. The lowest BCUT2D eigenvalue weighted by Gasteiger charge is -2.07. The number of methoxy groups -OCH3 is 1. The Bertz CT molecular complexity index is 339. The Morgan fingerprint density at radius 3 is 2.79 bits per heavy atom. The summed E-state index contributed by atoms with van der Waals surface area (Å²) in [5.41, 5.74) is 0.887. The number of benzene rings is 1. The SMILES string of the molecule is C=C(Cl)CNc1ccc(OC)c(Cl)c1. The molecule has 2 nitrogen and oxygen atoms in total. The van der Waals surface area contributed by atoms with Gasteiger partial charge in [0.2, 0.25) is 0 Å². The maximum atomic E-state index is 5.92. The highest BCUT2D eigenvalue weighted by atomic mass is 35.5. The lowest BCUT2D eigenvalue weighted by atomic mass is 10.3. The molecule has 0 spiro atoms. The van der Waals surface area contributed by atoms with Gasteiger partial charge in [0.05, 0.1) is 18.7 Å². The summed E-state index contributed by atoms with van der Waals surface area (Å²) in [4.78, 5) is 0. The number of nitrogens with one attached hydrogen (secondary N) is 1. The molecule has 0 amide bonds. The second kappa shape index (κ2) is 5.13. The van der Waals surface area contributed by atoms with Crippen LogP contribution in [0.15, 0.2) is 29.8 Å². The summed E-state index contributed by atoms with van der Waals surface area (Å²) in [6, 6.07) is 5.44. The predicted octanol–water partition coefficient (Wildman–Crippen LogP) is 3.51. The van der Waals surface area contributed by atoms with Crippen LogP contribution in [0.3, 0.4) is 0 Å². The van der Waals surface area contributed by atoms with E-state index in [0.29, 0.717) is 22.3 Å². The number of halogens is 2. The minimum atomic E-state index is 0.518. The quantitative estimate of drug-likeness (QED) is 0.857. The normalized spacial score (nSPS) is 9.64. The third-order valence-corrected chi connectivity index (χ3v) is 2.07. The van der Waals surface area contributed by atoms with Gasteiger partial charge in [0, 0.05) is 10.7 Å². The highest BCUT2D eigenvalue weighted by Crippen LogP contribution is 2.27. The molecule has 4 heteroatoms. The van der Waals surface area contributed by atoms with Gasteiger partial charge in [-0.1, -0.05) is 29.8 Å². The van der Waals surface area contributed by atoms with Gasteiger partial charge in [0.1, 0.15) is 5.75 Å². The fourth-order valence-electron chi connectivity index (χ4n) is 0.974. The van der Waals surface area contributed by atoms with Gasteiger partial charge >= 0.3 is 0 Å². The van der Waals surface area contributed by atoms with E-state index < -0.39 is 0 Å². The van der Waals surface area contributed by atoms with E-state index in [4.69, 9.17) is 27.9 Å². The Kier molecular flexibility index (Phi) is 4.11. The molecule has 0 aliphatic carbocycles. The molecule has 1 aromatic carbocycles. The fourth-order valence-corrected chi connectivity index (χ4v) is 1.30. The molecule has 0 atom stereocenters. The van der Waals surface area contributed by atoms with Crippen molar-refractivity contribution in [2.45, 2.75) is 0 Å². The smallest absolute Gasteiger partial charge is 0.137 e. The van der Waals surface area contributed by atoms with E-state index in [9.17, 15) is 0 Å². The highest BCUT2D eigenvalue weighted by Gasteiger charge is 2.00. The van der Waals surface area contributed by atoms with Gasteiger partial charge in [-0.25, -0.2) is 0 Å². The molecular weight excluding hydrogens is 221 g/mol. The number of hydrogen-bond acceptors (Lipinski definition) is 2. The molecule has 0 fully saturated rings. The zero-order chi connectivity index (χ0) is 10.6. The zero-order valence-electron chi connectivity index (χ0n) is 7.81. The van der Waals surface area contributed by atoms with Crippen LogP contribution in [-0.2, 0) is 0 Å². The summed E-state index contributed by atoms with van der Waals surface area (Å²) in [5.74, 6) is 0.655. The van der Waals surface area contributed by atoms with Crippen LogP contribution in [0.25, 0.3) is 0 Å². The van der Waals surface area contributed by atoms with Gasteiger partial charge in [-0.2, -0.15) is 0 Å². The number of rotatable bonds is 4. The Labute approximate surface area is 93.5 Å². The van der Waals surface area contributed by atoms with Crippen molar-refractivity contribution < 1.29 is 4.74 Å². The first-order chi connectivity index (χ1) is 6.63. The van der Waals surface area contributed by atoms with Gasteiger partial charge in [0.25, 0.3) is 0 Å². The molecule has 0 heterocycles. The van der Waals surface area contributed by atoms with Gasteiger partial charge in [0.15, 0.2) is 0 Å². The molecule has 1 aromatic rings. The third-order valence-electron chi connectivity index (χ3n) is 1.64. The summed E-state index contributed by atoms with van der Waals surface area (Å²) in [6.07, 6.45) is 0. The van der Waals surface area contributed by atoms with Crippen molar-refractivity contribution in [2.75, 3.05) is 19.0 Å². The summed E-state index contributed by atoms with van der Waals surface area (Å²) in [6.45, 7) is 4.09. The predicted molar refractivity (Wildman–Crippen MR) is 61.5 cm³/mol. The van der Waals surface area contributed by atoms with Crippen LogP contribution in [0.4, 0.5) is 5.69 Å². The lowest BCUT2D eigenvalue weighted by Crippen LogP contribution is -2.00. The van der Waals surface area contributed by atoms with E-state index in [1.165, 1.54) is 0 Å². The number of ether oxygens (including phenoxy) is 1. The summed E-state index contributed by atoms with van der Waals surface area (Å²) < 4.78 is 5.02. The van der Waals surface area contributed by atoms with Gasteiger partial charge in [-0.15, -0.1) is 0 Å². The molecule has 0 radical (unpaired) electrons. The standard InChI is InChI=1S/C10H11Cl2NO/c1-7(11)6-13-8-3-4-10(14-2)9(12)5-8/h3-5,13H,1,6H2,2H3. The maximum absolute atomic E-state index is 5.92. The van der Waals surface area contributed by atoms with Crippen molar-refractivity contribution in [3.05, 3.63) is 34.8 Å². The van der Waals surface area contributed by atoms with E-state index in [1.54, 1.807) is 19.2 Å². The maximum Gasteiger partial charge on any atom is 0.137 e. The van der Waals surface area contributed by atoms with Crippen LogP contribution >= 0.6 is 23.2 Å². The monoisotopic (exact) mass is 231 g/mol. The molecule has 14 heavy (non-hydrogen) atoms. The fraction of sp³-hybridized carbons (Fsp3) is 0.200. The molecule has 76 valence electrons. The van der Waals surface area contributed by atoms with Crippen molar-refractivity contribution in [1.82, 2.24) is 0 Å². The minimum absolute atomic E-state index is 0.518. The number of hydrogen-bond donors (Lipinski definition) is 1. The molecule has 0 saturated heterocycles. The Balaban J connectivity index is 2.71. The van der Waals surface area contributed by atoms with Gasteiger partial charge in [-0.3, -0.25) is 0 Å². The van der Waals surface area contributed by atoms with E-state index in [1.807, 2.05) is 6.07 Å². The zero-order valence-corrected chi connectivity index (χ0v) is 9.32. The van der Waals surface area contributed by atoms with E-state index in [-0.39, 0.29) is 0 Å². The topological polar surface area (TPSA) is 21.3 Å². The molecule has 0 bridgehead atoms. The lowest BCUT2D eigenvalue weighted by molar-refractivity contribution is 0.415. The molecule has 0 aliphatic heterocycles. The third kappa shape index (κ3) is 3.13. The second-order valence-corrected chi connectivity index (χ2v) is 3.66. The van der Waals surface area contributed by atoms with Crippen LogP contribution in [0.1, 0.15) is 0 Å². The van der Waals surface area contributed by atoms with Crippen molar-refractivity contribution in [1.29, 1.82) is 0 Å². The van der Waals surface area contributed by atoms with Crippen LogP contribution in [0.2, 0.25) is 5.02 Å².